The third-order valence-electron chi connectivity index (χ3n) is 1.55. The van der Waals surface area contributed by atoms with Crippen molar-refractivity contribution in [3.8, 4) is 0 Å². The van der Waals surface area contributed by atoms with Crippen LogP contribution in [0.3, 0.4) is 0 Å². The van der Waals surface area contributed by atoms with E-state index >= 15 is 0 Å². The van der Waals surface area contributed by atoms with E-state index < -0.39 is 17.7 Å². The Hall–Kier alpha value is -1.79. The Morgan fingerprint density at radius 3 is 2.41 bits per heavy atom. The molecule has 0 saturated carbocycles. The van der Waals surface area contributed by atoms with E-state index in [1.807, 2.05) is 0 Å². The van der Waals surface area contributed by atoms with E-state index in [0.29, 0.717) is 6.41 Å². The molecule has 0 aromatic carbocycles. The Bertz CT molecular complexity index is 285. The number of hydrogen-bond donors (Lipinski definition) is 2. The Kier molecular flexibility index (Phi) is 6.01. The molecule has 0 fully saturated rings. The summed E-state index contributed by atoms with van der Waals surface area (Å²) in [4.78, 5) is 33.0. The number of carboxylic acids is 1. The number of ether oxygens (including phenoxy) is 1. The fraction of sp³-hybridized carbons (Fsp3) is 0.700. The van der Waals surface area contributed by atoms with Crippen LogP contribution in [0.2, 0.25) is 0 Å². The average molecular weight is 246 g/mol. The standard InChI is InChI=1S/C10H18N2O5/c1-10(2,3)17-9(16)11-4-5-12(7-13)6-8(14)15/h7H,4-6H2,1-3H3,(H,11,16)(H,14,15). The molecule has 0 bridgehead atoms. The molecule has 0 heterocycles. The number of rotatable bonds is 6. The monoisotopic (exact) mass is 246 g/mol. The van der Waals surface area contributed by atoms with E-state index in [1.54, 1.807) is 20.8 Å². The molecule has 0 aromatic heterocycles. The fourth-order valence-corrected chi connectivity index (χ4v) is 0.959. The number of aliphatic carboxylic acids is 1. The second kappa shape index (κ2) is 6.72. The Labute approximate surface area is 99.7 Å². The number of carbonyl (C=O) groups is 3. The third-order valence-corrected chi connectivity index (χ3v) is 1.55. The van der Waals surface area contributed by atoms with Gasteiger partial charge in [0.1, 0.15) is 12.1 Å². The van der Waals surface area contributed by atoms with Crippen LogP contribution in [0.4, 0.5) is 4.79 Å². The third kappa shape index (κ3) is 9.16. The van der Waals surface area contributed by atoms with E-state index in [4.69, 9.17) is 9.84 Å². The van der Waals surface area contributed by atoms with Crippen LogP contribution < -0.4 is 5.32 Å². The van der Waals surface area contributed by atoms with E-state index in [2.05, 4.69) is 5.32 Å². The lowest BCUT2D eigenvalue weighted by molar-refractivity contribution is -0.140. The quantitative estimate of drug-likeness (QED) is 0.646. The molecule has 0 aromatic rings. The van der Waals surface area contributed by atoms with Gasteiger partial charge in [-0.2, -0.15) is 0 Å². The maximum Gasteiger partial charge on any atom is 0.407 e. The number of alkyl carbamates (subject to hydrolysis) is 1. The summed E-state index contributed by atoms with van der Waals surface area (Å²) >= 11 is 0. The highest BCUT2D eigenvalue weighted by molar-refractivity contribution is 5.72. The minimum absolute atomic E-state index is 0.120. The van der Waals surface area contributed by atoms with Crippen molar-refractivity contribution in [2.24, 2.45) is 0 Å². The molecule has 0 aliphatic heterocycles. The zero-order valence-electron chi connectivity index (χ0n) is 10.2. The smallest absolute Gasteiger partial charge is 0.407 e. The molecule has 0 rings (SSSR count). The highest BCUT2D eigenvalue weighted by Gasteiger charge is 2.15. The number of carboxylic acid groups (broad SMARTS) is 1. The molecular weight excluding hydrogens is 228 g/mol. The van der Waals surface area contributed by atoms with E-state index in [0.717, 1.165) is 4.90 Å². The van der Waals surface area contributed by atoms with Gasteiger partial charge in [-0.15, -0.1) is 0 Å². The predicted molar refractivity (Wildman–Crippen MR) is 59.5 cm³/mol. The first-order chi connectivity index (χ1) is 7.74. The molecular formula is C10H18N2O5. The zero-order chi connectivity index (χ0) is 13.5. The summed E-state index contributed by atoms with van der Waals surface area (Å²) in [6, 6.07) is 0. The number of nitrogens with zero attached hydrogens (tertiary/aromatic N) is 1. The molecule has 7 nitrogen and oxygen atoms in total. The van der Waals surface area contributed by atoms with Gasteiger partial charge >= 0.3 is 12.1 Å². The molecule has 0 spiro atoms. The second-order valence-corrected chi connectivity index (χ2v) is 4.40. The fourth-order valence-electron chi connectivity index (χ4n) is 0.959. The summed E-state index contributed by atoms with van der Waals surface area (Å²) in [6.45, 7) is 5.06. The highest BCUT2D eigenvalue weighted by atomic mass is 16.6. The van der Waals surface area contributed by atoms with Crippen LogP contribution in [0.25, 0.3) is 0 Å². The highest BCUT2D eigenvalue weighted by Crippen LogP contribution is 2.05. The van der Waals surface area contributed by atoms with E-state index in [1.165, 1.54) is 0 Å². The van der Waals surface area contributed by atoms with Gasteiger partial charge in [0.2, 0.25) is 6.41 Å². The summed E-state index contributed by atoms with van der Waals surface area (Å²) in [5.74, 6) is -1.10. The van der Waals surface area contributed by atoms with Gasteiger partial charge in [-0.25, -0.2) is 4.79 Å². The van der Waals surface area contributed by atoms with Gasteiger partial charge in [0, 0.05) is 13.1 Å². The summed E-state index contributed by atoms with van der Waals surface area (Å²) in [5.41, 5.74) is -0.588. The van der Waals surface area contributed by atoms with Crippen molar-refractivity contribution in [2.75, 3.05) is 19.6 Å². The maximum atomic E-state index is 11.2. The van der Waals surface area contributed by atoms with Crippen molar-refractivity contribution >= 4 is 18.5 Å². The lowest BCUT2D eigenvalue weighted by atomic mass is 10.2. The van der Waals surface area contributed by atoms with E-state index in [-0.39, 0.29) is 19.6 Å². The lowest BCUT2D eigenvalue weighted by Gasteiger charge is -2.20. The SMILES string of the molecule is CC(C)(C)OC(=O)NCCN(C=O)CC(=O)O. The molecule has 7 heteroatoms. The maximum absolute atomic E-state index is 11.2. The summed E-state index contributed by atoms with van der Waals surface area (Å²) < 4.78 is 4.96. The first-order valence-corrected chi connectivity index (χ1v) is 5.12. The predicted octanol–water partition coefficient (Wildman–Crippen LogP) is 0.0541. The largest absolute Gasteiger partial charge is 0.480 e. The van der Waals surface area contributed by atoms with Crippen LogP contribution in [0, 0.1) is 0 Å². The first-order valence-electron chi connectivity index (χ1n) is 5.12. The van der Waals surface area contributed by atoms with Crippen molar-refractivity contribution in [2.45, 2.75) is 26.4 Å². The van der Waals surface area contributed by atoms with Gasteiger partial charge in [0.15, 0.2) is 0 Å². The normalized spacial score (nSPS) is 10.5. The Morgan fingerprint density at radius 2 is 2.00 bits per heavy atom. The molecule has 0 saturated heterocycles. The molecule has 0 atom stereocenters. The molecule has 98 valence electrons. The number of hydrogen-bond acceptors (Lipinski definition) is 4. The van der Waals surface area contributed by atoms with Crippen LogP contribution in [0.5, 0.6) is 0 Å². The average Bonchev–Trinajstić information content (AvgIpc) is 2.12. The summed E-state index contributed by atoms with van der Waals surface area (Å²) in [6.07, 6.45) is -0.177. The van der Waals surface area contributed by atoms with Crippen molar-refractivity contribution in [1.29, 1.82) is 0 Å². The summed E-state index contributed by atoms with van der Waals surface area (Å²) in [5, 5.41) is 10.9. The van der Waals surface area contributed by atoms with Crippen LogP contribution in [-0.2, 0) is 14.3 Å². The molecule has 17 heavy (non-hydrogen) atoms. The van der Waals surface area contributed by atoms with Gasteiger partial charge in [-0.3, -0.25) is 9.59 Å². The van der Waals surface area contributed by atoms with Crippen molar-refractivity contribution in [1.82, 2.24) is 10.2 Å². The first kappa shape index (κ1) is 15.2. The van der Waals surface area contributed by atoms with Crippen molar-refractivity contribution in [3.05, 3.63) is 0 Å². The topological polar surface area (TPSA) is 95.9 Å². The Morgan fingerprint density at radius 1 is 1.41 bits per heavy atom. The minimum Gasteiger partial charge on any atom is -0.480 e. The van der Waals surface area contributed by atoms with Crippen LogP contribution in [-0.4, -0.2) is 53.7 Å². The number of amides is 2. The lowest BCUT2D eigenvalue weighted by Crippen LogP contribution is -2.39. The second-order valence-electron chi connectivity index (χ2n) is 4.40. The molecule has 0 radical (unpaired) electrons. The molecule has 2 N–H and O–H groups in total. The van der Waals surface area contributed by atoms with Crippen molar-refractivity contribution < 1.29 is 24.2 Å². The molecule has 2 amide bonds. The van der Waals surface area contributed by atoms with Crippen LogP contribution in [0.15, 0.2) is 0 Å². The zero-order valence-corrected chi connectivity index (χ0v) is 10.2. The molecule has 0 aliphatic carbocycles. The Balaban J connectivity index is 3.85. The number of carbonyl (C=O) groups excluding carboxylic acids is 2. The van der Waals surface area contributed by atoms with Gasteiger partial charge in [0.05, 0.1) is 0 Å². The van der Waals surface area contributed by atoms with Gasteiger partial charge in [-0.05, 0) is 20.8 Å². The number of nitrogens with one attached hydrogen (secondary N) is 1. The molecule has 0 unspecified atom stereocenters. The van der Waals surface area contributed by atoms with Gasteiger partial charge in [-0.1, -0.05) is 0 Å². The molecule has 0 aliphatic rings. The van der Waals surface area contributed by atoms with Gasteiger partial charge < -0.3 is 20.1 Å². The van der Waals surface area contributed by atoms with E-state index in [9.17, 15) is 14.4 Å². The minimum atomic E-state index is -1.10. The summed E-state index contributed by atoms with van der Waals surface area (Å²) in [7, 11) is 0. The van der Waals surface area contributed by atoms with Crippen LogP contribution in [0.1, 0.15) is 20.8 Å². The van der Waals surface area contributed by atoms with Crippen LogP contribution >= 0.6 is 0 Å². The van der Waals surface area contributed by atoms with Crippen molar-refractivity contribution in [3.63, 3.8) is 0 Å². The van der Waals surface area contributed by atoms with Gasteiger partial charge in [0.25, 0.3) is 0 Å².